The van der Waals surface area contributed by atoms with Crippen molar-refractivity contribution in [2.45, 2.75) is 19.3 Å². The van der Waals surface area contributed by atoms with Gasteiger partial charge < -0.3 is 9.32 Å². The molecule has 0 atom stereocenters. The third kappa shape index (κ3) is 4.90. The van der Waals surface area contributed by atoms with Crippen LogP contribution in [0.1, 0.15) is 25.0 Å². The van der Waals surface area contributed by atoms with Gasteiger partial charge in [0, 0.05) is 59.0 Å². The number of hydrogen-bond acceptors (Lipinski definition) is 3. The van der Waals surface area contributed by atoms with Crippen molar-refractivity contribution in [3.8, 4) is 33.4 Å². The van der Waals surface area contributed by atoms with Gasteiger partial charge in [-0.05, 0) is 110 Å². The summed E-state index contributed by atoms with van der Waals surface area (Å²) in [6.45, 7) is 4.71. The molecule has 0 fully saturated rings. The fraction of sp³-hybridized carbons (Fsp3) is 0.0545. The number of anilines is 3. The van der Waals surface area contributed by atoms with Crippen LogP contribution in [0.4, 0.5) is 17.1 Å². The Morgan fingerprint density at radius 2 is 1.09 bits per heavy atom. The van der Waals surface area contributed by atoms with Crippen LogP contribution in [0.25, 0.3) is 86.3 Å². The molecule has 0 N–H and O–H groups in total. The molecule has 0 amide bonds. The number of hydrogen-bond donors (Lipinski definition) is 0. The largest absolute Gasteiger partial charge is 0.455 e. The summed E-state index contributed by atoms with van der Waals surface area (Å²) in [6, 6.07) is 68.8. The lowest BCUT2D eigenvalue weighted by molar-refractivity contribution is 0.660. The first-order chi connectivity index (χ1) is 28.5. The zero-order chi connectivity index (χ0) is 38.5. The summed E-state index contributed by atoms with van der Waals surface area (Å²) in [4.78, 5) is 2.41. The molecule has 12 rings (SSSR count). The van der Waals surface area contributed by atoms with E-state index in [4.69, 9.17) is 4.42 Å². The van der Waals surface area contributed by atoms with Crippen LogP contribution in [0.5, 0.6) is 0 Å². The highest BCUT2D eigenvalue weighted by Gasteiger charge is 2.36. The van der Waals surface area contributed by atoms with E-state index in [9.17, 15) is 0 Å². The van der Waals surface area contributed by atoms with Gasteiger partial charge in [0.15, 0.2) is 0 Å². The molecule has 2 heterocycles. The summed E-state index contributed by atoms with van der Waals surface area (Å²) in [5.41, 5.74) is 15.1. The van der Waals surface area contributed by atoms with E-state index in [1.807, 2.05) is 11.3 Å². The topological polar surface area (TPSA) is 16.4 Å². The molecule has 1 aliphatic rings. The predicted molar refractivity (Wildman–Crippen MR) is 247 cm³/mol. The lowest BCUT2D eigenvalue weighted by Crippen LogP contribution is -2.16. The highest BCUT2D eigenvalue weighted by molar-refractivity contribution is 7.25. The molecule has 0 bridgehead atoms. The average Bonchev–Trinajstić information content (AvgIpc) is 3.92. The summed E-state index contributed by atoms with van der Waals surface area (Å²) in [6.07, 6.45) is 0. The van der Waals surface area contributed by atoms with Crippen molar-refractivity contribution in [2.24, 2.45) is 0 Å². The van der Waals surface area contributed by atoms with Gasteiger partial charge in [0.1, 0.15) is 11.2 Å². The van der Waals surface area contributed by atoms with Crippen molar-refractivity contribution in [2.75, 3.05) is 4.90 Å². The fourth-order valence-electron chi connectivity index (χ4n) is 9.66. The first-order valence-electron chi connectivity index (χ1n) is 20.0. The monoisotopic (exact) mass is 759 g/mol. The Balaban J connectivity index is 1.09. The summed E-state index contributed by atoms with van der Waals surface area (Å²) in [5.74, 6) is 0. The minimum absolute atomic E-state index is 0.124. The maximum absolute atomic E-state index is 7.00. The van der Waals surface area contributed by atoms with Crippen molar-refractivity contribution in [3.05, 3.63) is 199 Å². The molecule has 0 saturated carbocycles. The van der Waals surface area contributed by atoms with Gasteiger partial charge in [-0.2, -0.15) is 0 Å². The van der Waals surface area contributed by atoms with Crippen LogP contribution in [0.15, 0.2) is 192 Å². The number of nitrogens with zero attached hydrogens (tertiary/aromatic N) is 1. The fourth-order valence-corrected chi connectivity index (χ4v) is 10.8. The molecular formula is C55H37NOS. The highest BCUT2D eigenvalue weighted by Crippen LogP contribution is 2.52. The van der Waals surface area contributed by atoms with Crippen LogP contribution >= 0.6 is 11.3 Å². The minimum atomic E-state index is -0.124. The molecule has 0 saturated heterocycles. The van der Waals surface area contributed by atoms with Gasteiger partial charge in [-0.25, -0.2) is 0 Å². The number of furan rings is 1. The summed E-state index contributed by atoms with van der Waals surface area (Å²) in [5, 5.41) is 7.21. The van der Waals surface area contributed by atoms with E-state index in [1.165, 1.54) is 69.9 Å². The first kappa shape index (κ1) is 33.2. The lowest BCUT2D eigenvalue weighted by Gasteiger charge is -2.28. The van der Waals surface area contributed by atoms with Crippen molar-refractivity contribution < 1.29 is 4.42 Å². The molecule has 58 heavy (non-hydrogen) atoms. The number of rotatable bonds is 5. The minimum Gasteiger partial charge on any atom is -0.455 e. The first-order valence-corrected chi connectivity index (χ1v) is 20.8. The Labute approximate surface area is 340 Å². The third-order valence-electron chi connectivity index (χ3n) is 12.5. The van der Waals surface area contributed by atoms with E-state index < -0.39 is 0 Å². The Hall–Kier alpha value is -6.94. The van der Waals surface area contributed by atoms with Crippen molar-refractivity contribution in [1.82, 2.24) is 0 Å². The molecule has 2 nitrogen and oxygen atoms in total. The van der Waals surface area contributed by atoms with E-state index in [0.29, 0.717) is 0 Å². The lowest BCUT2D eigenvalue weighted by atomic mass is 9.82. The SMILES string of the molecule is CC1(C)c2ccccc2-c2ccc(N(c3ccc(-c4ccccc4)cc3)c3ccc4oc5c(-c6cccc7sc8ccccc8c67)cc6ccccc6c5c4c3)cc21. The molecule has 11 aromatic rings. The molecule has 274 valence electrons. The molecule has 1 aliphatic carbocycles. The normalized spacial score (nSPS) is 13.1. The Morgan fingerprint density at radius 3 is 1.97 bits per heavy atom. The Bertz CT molecular complexity index is 3420. The van der Waals surface area contributed by atoms with Crippen molar-refractivity contribution >= 4 is 81.3 Å². The molecule has 0 aliphatic heterocycles. The van der Waals surface area contributed by atoms with Crippen molar-refractivity contribution in [1.29, 1.82) is 0 Å². The van der Waals surface area contributed by atoms with Crippen LogP contribution < -0.4 is 4.90 Å². The molecule has 3 heteroatoms. The number of fused-ring (bicyclic) bond motifs is 11. The van der Waals surface area contributed by atoms with Crippen molar-refractivity contribution in [3.63, 3.8) is 0 Å². The Kier molecular flexibility index (Phi) is 7.18. The second-order valence-corrected chi connectivity index (χ2v) is 17.1. The smallest absolute Gasteiger partial charge is 0.143 e. The molecule has 0 radical (unpaired) electrons. The van der Waals surface area contributed by atoms with Gasteiger partial charge in [0.25, 0.3) is 0 Å². The predicted octanol–water partition coefficient (Wildman–Crippen LogP) is 16.2. The van der Waals surface area contributed by atoms with E-state index in [-0.39, 0.29) is 5.41 Å². The maximum Gasteiger partial charge on any atom is 0.143 e. The number of thiophene rings is 1. The molecule has 0 unspecified atom stereocenters. The van der Waals surface area contributed by atoms with Gasteiger partial charge in [0.2, 0.25) is 0 Å². The van der Waals surface area contributed by atoms with E-state index in [1.54, 1.807) is 0 Å². The quantitative estimate of drug-likeness (QED) is 0.174. The van der Waals surface area contributed by atoms with Crippen LogP contribution in [0, 0.1) is 0 Å². The standard InChI is InChI=1S/C55H37NOS/c1-55(2)47-20-10-8-17-41(47)42-29-27-39(33-48(42)55)56(37-25-23-35(24-26-37)34-13-4-3-5-14-34)38-28-30-49-46(32-38)53-40-16-7-6-15-36(40)31-45(54(53)57-49)43-19-12-22-51-52(43)44-18-9-11-21-50(44)58-51/h3-33H,1-2H3. The van der Waals surface area contributed by atoms with Gasteiger partial charge in [0.05, 0.1) is 0 Å². The Morgan fingerprint density at radius 1 is 0.431 bits per heavy atom. The summed E-state index contributed by atoms with van der Waals surface area (Å²) in [7, 11) is 0. The van der Waals surface area contributed by atoms with Crippen LogP contribution in [-0.2, 0) is 5.41 Å². The molecule has 0 spiro atoms. The average molecular weight is 760 g/mol. The van der Waals surface area contributed by atoms with Crippen LogP contribution in [-0.4, -0.2) is 0 Å². The third-order valence-corrected chi connectivity index (χ3v) is 13.6. The van der Waals surface area contributed by atoms with Crippen LogP contribution in [0.2, 0.25) is 0 Å². The summed E-state index contributed by atoms with van der Waals surface area (Å²) < 4.78 is 9.59. The second kappa shape index (κ2) is 12.5. The number of benzene rings is 9. The van der Waals surface area contributed by atoms with Crippen LogP contribution in [0.3, 0.4) is 0 Å². The zero-order valence-corrected chi connectivity index (χ0v) is 33.0. The zero-order valence-electron chi connectivity index (χ0n) is 32.2. The highest BCUT2D eigenvalue weighted by atomic mass is 32.1. The molecule has 9 aromatic carbocycles. The molecule has 2 aromatic heterocycles. The van der Waals surface area contributed by atoms with Gasteiger partial charge in [-0.3, -0.25) is 0 Å². The van der Waals surface area contributed by atoms with Gasteiger partial charge in [-0.15, -0.1) is 11.3 Å². The maximum atomic E-state index is 7.00. The molecular weight excluding hydrogens is 723 g/mol. The summed E-state index contributed by atoms with van der Waals surface area (Å²) >= 11 is 1.85. The van der Waals surface area contributed by atoms with Gasteiger partial charge >= 0.3 is 0 Å². The van der Waals surface area contributed by atoms with E-state index in [0.717, 1.165) is 44.6 Å². The van der Waals surface area contributed by atoms with E-state index >= 15 is 0 Å². The second-order valence-electron chi connectivity index (χ2n) is 16.1. The van der Waals surface area contributed by atoms with Gasteiger partial charge in [-0.1, -0.05) is 141 Å². The van der Waals surface area contributed by atoms with E-state index in [2.05, 4.69) is 207 Å².